The normalized spacial score (nSPS) is 12.9. The summed E-state index contributed by atoms with van der Waals surface area (Å²) in [5, 5.41) is 3.71. The van der Waals surface area contributed by atoms with E-state index in [2.05, 4.69) is 58.1 Å². The van der Waals surface area contributed by atoms with Gasteiger partial charge in [-0.3, -0.25) is 0 Å². The summed E-state index contributed by atoms with van der Waals surface area (Å²) < 4.78 is 5.83. The van der Waals surface area contributed by atoms with Crippen LogP contribution in [0.5, 0.6) is 5.75 Å². The minimum atomic E-state index is 0.223. The SMILES string of the molecule is CCCNC(c1cccc(OC(C)C)c1)C(CC)CC. The first-order valence-corrected chi connectivity index (χ1v) is 8.12. The lowest BCUT2D eigenvalue weighted by atomic mass is 9.88. The molecule has 2 nitrogen and oxygen atoms in total. The Hall–Kier alpha value is -1.02. The van der Waals surface area contributed by atoms with Gasteiger partial charge in [-0.2, -0.15) is 0 Å². The topological polar surface area (TPSA) is 21.3 Å². The second-order valence-corrected chi connectivity index (χ2v) is 5.75. The van der Waals surface area contributed by atoms with E-state index in [1.165, 1.54) is 24.8 Å². The highest BCUT2D eigenvalue weighted by Gasteiger charge is 2.20. The van der Waals surface area contributed by atoms with Gasteiger partial charge in [-0.1, -0.05) is 45.7 Å². The number of hydrogen-bond acceptors (Lipinski definition) is 2. The summed E-state index contributed by atoms with van der Waals surface area (Å²) in [4.78, 5) is 0. The van der Waals surface area contributed by atoms with Gasteiger partial charge >= 0.3 is 0 Å². The molecule has 0 bridgehead atoms. The summed E-state index contributed by atoms with van der Waals surface area (Å²) in [5.41, 5.74) is 1.35. The van der Waals surface area contributed by atoms with Crippen molar-refractivity contribution in [3.8, 4) is 5.75 Å². The quantitative estimate of drug-likeness (QED) is 0.689. The van der Waals surface area contributed by atoms with Gasteiger partial charge in [-0.15, -0.1) is 0 Å². The highest BCUT2D eigenvalue weighted by Crippen LogP contribution is 2.29. The molecule has 2 heteroatoms. The molecule has 0 saturated carbocycles. The zero-order valence-electron chi connectivity index (χ0n) is 13.8. The lowest BCUT2D eigenvalue weighted by Crippen LogP contribution is -2.28. The summed E-state index contributed by atoms with van der Waals surface area (Å²) >= 11 is 0. The fraction of sp³-hybridized carbons (Fsp3) is 0.667. The number of hydrogen-bond donors (Lipinski definition) is 1. The molecule has 1 atom stereocenters. The van der Waals surface area contributed by atoms with Crippen LogP contribution in [0.4, 0.5) is 0 Å². The van der Waals surface area contributed by atoms with E-state index in [0.29, 0.717) is 12.0 Å². The Bertz CT molecular complexity index is 371. The maximum absolute atomic E-state index is 5.83. The van der Waals surface area contributed by atoms with Gasteiger partial charge in [0.05, 0.1) is 6.10 Å². The van der Waals surface area contributed by atoms with Crippen molar-refractivity contribution in [2.24, 2.45) is 5.92 Å². The van der Waals surface area contributed by atoms with E-state index in [4.69, 9.17) is 4.74 Å². The molecule has 0 aromatic heterocycles. The zero-order valence-corrected chi connectivity index (χ0v) is 13.8. The molecular formula is C18H31NO. The van der Waals surface area contributed by atoms with Gasteiger partial charge in [0.1, 0.15) is 5.75 Å². The average molecular weight is 277 g/mol. The number of ether oxygens (including phenoxy) is 1. The van der Waals surface area contributed by atoms with Crippen molar-refractivity contribution in [2.75, 3.05) is 6.54 Å². The zero-order chi connectivity index (χ0) is 15.0. The number of benzene rings is 1. The molecule has 0 aliphatic heterocycles. The summed E-state index contributed by atoms with van der Waals surface area (Å²) in [5.74, 6) is 1.66. The van der Waals surface area contributed by atoms with Crippen molar-refractivity contribution >= 4 is 0 Å². The highest BCUT2D eigenvalue weighted by atomic mass is 16.5. The Morgan fingerprint density at radius 3 is 2.35 bits per heavy atom. The molecule has 0 aliphatic carbocycles. The van der Waals surface area contributed by atoms with Gasteiger partial charge in [0, 0.05) is 6.04 Å². The summed E-state index contributed by atoms with van der Waals surface area (Å²) in [7, 11) is 0. The van der Waals surface area contributed by atoms with Gasteiger partial charge in [0.15, 0.2) is 0 Å². The Kier molecular flexibility index (Phi) is 7.68. The van der Waals surface area contributed by atoms with Crippen molar-refractivity contribution < 1.29 is 4.74 Å². The maximum atomic E-state index is 5.83. The first kappa shape index (κ1) is 17.0. The van der Waals surface area contributed by atoms with Crippen LogP contribution in [-0.4, -0.2) is 12.6 Å². The van der Waals surface area contributed by atoms with E-state index in [1.54, 1.807) is 0 Å². The fourth-order valence-corrected chi connectivity index (χ4v) is 2.67. The molecule has 0 fully saturated rings. The summed E-state index contributed by atoms with van der Waals surface area (Å²) in [6.07, 6.45) is 3.79. The predicted octanol–water partition coefficient (Wildman–Crippen LogP) is 4.95. The van der Waals surface area contributed by atoms with Gasteiger partial charge in [-0.25, -0.2) is 0 Å². The monoisotopic (exact) mass is 277 g/mol. The molecule has 0 saturated heterocycles. The van der Waals surface area contributed by atoms with Gasteiger partial charge in [0.25, 0.3) is 0 Å². The minimum Gasteiger partial charge on any atom is -0.491 e. The van der Waals surface area contributed by atoms with Crippen molar-refractivity contribution in [3.63, 3.8) is 0 Å². The molecule has 1 N–H and O–H groups in total. The Morgan fingerprint density at radius 1 is 1.10 bits per heavy atom. The Morgan fingerprint density at radius 2 is 1.80 bits per heavy atom. The van der Waals surface area contributed by atoms with Crippen LogP contribution in [0.25, 0.3) is 0 Å². The second-order valence-electron chi connectivity index (χ2n) is 5.75. The predicted molar refractivity (Wildman–Crippen MR) is 87.3 cm³/mol. The first-order valence-electron chi connectivity index (χ1n) is 8.12. The smallest absolute Gasteiger partial charge is 0.120 e. The van der Waals surface area contributed by atoms with E-state index >= 15 is 0 Å². The van der Waals surface area contributed by atoms with E-state index in [9.17, 15) is 0 Å². The summed E-state index contributed by atoms with van der Waals surface area (Å²) in [6.45, 7) is 12.0. The molecule has 0 aliphatic rings. The van der Waals surface area contributed by atoms with Crippen LogP contribution in [0.15, 0.2) is 24.3 Å². The Balaban J connectivity index is 2.93. The second kappa shape index (κ2) is 9.02. The van der Waals surface area contributed by atoms with Crippen LogP contribution in [0.2, 0.25) is 0 Å². The third-order valence-corrected chi connectivity index (χ3v) is 3.72. The van der Waals surface area contributed by atoms with Gasteiger partial charge in [-0.05, 0) is 50.4 Å². The van der Waals surface area contributed by atoms with Crippen LogP contribution >= 0.6 is 0 Å². The van der Waals surface area contributed by atoms with E-state index < -0.39 is 0 Å². The first-order chi connectivity index (χ1) is 9.62. The minimum absolute atomic E-state index is 0.223. The molecule has 1 aromatic carbocycles. The van der Waals surface area contributed by atoms with Crippen LogP contribution in [0.1, 0.15) is 65.5 Å². The molecule has 1 aromatic rings. The molecular weight excluding hydrogens is 246 g/mol. The number of nitrogens with one attached hydrogen (secondary N) is 1. The molecule has 114 valence electrons. The third kappa shape index (κ3) is 5.16. The van der Waals surface area contributed by atoms with E-state index in [1.807, 2.05) is 6.07 Å². The van der Waals surface area contributed by atoms with Gasteiger partial charge in [0.2, 0.25) is 0 Å². The molecule has 0 spiro atoms. The van der Waals surface area contributed by atoms with Crippen LogP contribution < -0.4 is 10.1 Å². The Labute approximate surface area is 124 Å². The standard InChI is InChI=1S/C18H31NO/c1-6-12-19-18(15(7-2)8-3)16-10-9-11-17(13-16)20-14(4)5/h9-11,13-15,18-19H,6-8,12H2,1-5H3. The lowest BCUT2D eigenvalue weighted by molar-refractivity contribution is 0.241. The fourth-order valence-electron chi connectivity index (χ4n) is 2.67. The van der Waals surface area contributed by atoms with Crippen molar-refractivity contribution in [1.82, 2.24) is 5.32 Å². The van der Waals surface area contributed by atoms with Crippen molar-refractivity contribution in [1.29, 1.82) is 0 Å². The van der Waals surface area contributed by atoms with E-state index in [-0.39, 0.29) is 6.10 Å². The average Bonchev–Trinajstić information content (AvgIpc) is 2.43. The van der Waals surface area contributed by atoms with Crippen molar-refractivity contribution in [2.45, 2.75) is 66.0 Å². The molecule has 1 rings (SSSR count). The maximum Gasteiger partial charge on any atom is 0.120 e. The third-order valence-electron chi connectivity index (χ3n) is 3.72. The number of rotatable bonds is 9. The van der Waals surface area contributed by atoms with Crippen LogP contribution in [0, 0.1) is 5.92 Å². The van der Waals surface area contributed by atoms with Gasteiger partial charge < -0.3 is 10.1 Å². The largest absolute Gasteiger partial charge is 0.491 e. The lowest BCUT2D eigenvalue weighted by Gasteiger charge is -2.27. The van der Waals surface area contributed by atoms with Crippen LogP contribution in [-0.2, 0) is 0 Å². The van der Waals surface area contributed by atoms with Crippen LogP contribution in [0.3, 0.4) is 0 Å². The molecule has 20 heavy (non-hydrogen) atoms. The van der Waals surface area contributed by atoms with E-state index in [0.717, 1.165) is 12.3 Å². The molecule has 0 heterocycles. The summed E-state index contributed by atoms with van der Waals surface area (Å²) in [6, 6.07) is 9.01. The molecule has 0 amide bonds. The molecule has 0 radical (unpaired) electrons. The molecule has 1 unspecified atom stereocenters. The highest BCUT2D eigenvalue weighted by molar-refractivity contribution is 5.31. The van der Waals surface area contributed by atoms with Crippen molar-refractivity contribution in [3.05, 3.63) is 29.8 Å².